The van der Waals surface area contributed by atoms with E-state index in [-0.39, 0.29) is 18.4 Å². The predicted octanol–water partition coefficient (Wildman–Crippen LogP) is 3.30. The minimum Gasteiger partial charge on any atom is -0.382 e. The third-order valence-corrected chi connectivity index (χ3v) is 4.34. The lowest BCUT2D eigenvalue weighted by Gasteiger charge is -2.22. The van der Waals surface area contributed by atoms with Gasteiger partial charge >= 0.3 is 0 Å². The van der Waals surface area contributed by atoms with Gasteiger partial charge in [0.15, 0.2) is 5.13 Å². The lowest BCUT2D eigenvalue weighted by Crippen LogP contribution is -2.39. The predicted molar refractivity (Wildman–Crippen MR) is 99.2 cm³/mol. The zero-order valence-electron chi connectivity index (χ0n) is 13.9. The highest BCUT2D eigenvalue weighted by Gasteiger charge is 2.21. The molecule has 1 N–H and O–H groups in total. The van der Waals surface area contributed by atoms with E-state index in [9.17, 15) is 9.59 Å². The van der Waals surface area contributed by atoms with Gasteiger partial charge in [-0.2, -0.15) is 0 Å². The Kier molecular flexibility index (Phi) is 7.84. The average molecular weight is 382 g/mol. The third kappa shape index (κ3) is 6.12. The van der Waals surface area contributed by atoms with E-state index in [0.29, 0.717) is 41.9 Å². The molecule has 0 aliphatic heterocycles. The van der Waals surface area contributed by atoms with Crippen molar-refractivity contribution < 1.29 is 14.3 Å². The molecule has 0 bridgehead atoms. The quantitative estimate of drug-likeness (QED) is 0.676. The minimum absolute atomic E-state index is 0.0736. The molecule has 2 aromatic rings. The Hall–Kier alpha value is -1.96. The van der Waals surface area contributed by atoms with E-state index >= 15 is 0 Å². The van der Waals surface area contributed by atoms with Gasteiger partial charge in [0.05, 0.1) is 10.6 Å². The van der Waals surface area contributed by atoms with Crippen molar-refractivity contribution in [3.05, 3.63) is 46.4 Å². The number of hydrogen-bond acceptors (Lipinski definition) is 5. The topological polar surface area (TPSA) is 71.5 Å². The summed E-state index contributed by atoms with van der Waals surface area (Å²) >= 11 is 7.44. The fraction of sp³-hybridized carbons (Fsp3) is 0.353. The van der Waals surface area contributed by atoms with Crippen LogP contribution in [0.1, 0.15) is 23.7 Å². The first-order valence-electron chi connectivity index (χ1n) is 7.92. The molecule has 0 atom stereocenters. The molecule has 1 heterocycles. The number of halogens is 1. The van der Waals surface area contributed by atoms with Crippen molar-refractivity contribution >= 4 is 39.9 Å². The van der Waals surface area contributed by atoms with Crippen LogP contribution in [0.25, 0.3) is 0 Å². The number of rotatable bonds is 9. The van der Waals surface area contributed by atoms with Crippen LogP contribution in [0.5, 0.6) is 0 Å². The number of carbonyl (C=O) groups is 2. The molecule has 0 aliphatic carbocycles. The van der Waals surface area contributed by atoms with Crippen LogP contribution < -0.4 is 5.32 Å². The van der Waals surface area contributed by atoms with Crippen LogP contribution in [-0.2, 0) is 9.53 Å². The number of amides is 2. The molecule has 2 rings (SSSR count). The smallest absolute Gasteiger partial charge is 0.255 e. The lowest BCUT2D eigenvalue weighted by atomic mass is 10.2. The molecular weight excluding hydrogens is 362 g/mol. The Bertz CT molecular complexity index is 694. The van der Waals surface area contributed by atoms with Crippen LogP contribution in [0.4, 0.5) is 5.13 Å². The molecule has 0 fully saturated rings. The molecule has 134 valence electrons. The minimum atomic E-state index is -0.299. The van der Waals surface area contributed by atoms with Gasteiger partial charge in [0.25, 0.3) is 5.91 Å². The molecule has 0 saturated carbocycles. The van der Waals surface area contributed by atoms with Gasteiger partial charge in [0.1, 0.15) is 6.54 Å². The number of nitrogens with zero attached hydrogens (tertiary/aromatic N) is 2. The molecule has 25 heavy (non-hydrogen) atoms. The van der Waals surface area contributed by atoms with Gasteiger partial charge in [-0.3, -0.25) is 9.59 Å². The fourth-order valence-electron chi connectivity index (χ4n) is 2.18. The normalized spacial score (nSPS) is 10.5. The number of carbonyl (C=O) groups excluding carboxylic acids is 2. The lowest BCUT2D eigenvalue weighted by molar-refractivity contribution is -0.116. The first kappa shape index (κ1) is 19.4. The van der Waals surface area contributed by atoms with E-state index in [1.165, 1.54) is 16.2 Å². The zero-order chi connectivity index (χ0) is 18.1. The summed E-state index contributed by atoms with van der Waals surface area (Å²) in [4.78, 5) is 30.5. The largest absolute Gasteiger partial charge is 0.382 e. The molecular formula is C17H20ClN3O3S. The maximum Gasteiger partial charge on any atom is 0.255 e. The molecule has 1 aromatic heterocycles. The number of anilines is 1. The maximum absolute atomic E-state index is 12.8. The van der Waals surface area contributed by atoms with Gasteiger partial charge in [-0.25, -0.2) is 4.98 Å². The van der Waals surface area contributed by atoms with E-state index in [2.05, 4.69) is 10.3 Å². The summed E-state index contributed by atoms with van der Waals surface area (Å²) in [6.07, 6.45) is 2.24. The second-order valence-corrected chi connectivity index (χ2v) is 6.44. The Morgan fingerprint density at radius 1 is 1.36 bits per heavy atom. The van der Waals surface area contributed by atoms with E-state index in [1.54, 1.807) is 35.8 Å². The highest BCUT2D eigenvalue weighted by molar-refractivity contribution is 7.13. The summed E-state index contributed by atoms with van der Waals surface area (Å²) in [7, 11) is 0. The number of thiazole rings is 1. The summed E-state index contributed by atoms with van der Waals surface area (Å²) < 4.78 is 5.31. The standard InChI is InChI=1S/C17H20ClN3O3S/c1-2-24-10-5-9-21(12-15(22)20-17-19-8-11-25-17)16(23)13-6-3-4-7-14(13)18/h3-4,6-8,11H,2,5,9-10,12H2,1H3,(H,19,20,22). The summed E-state index contributed by atoms with van der Waals surface area (Å²) in [5.41, 5.74) is 0.377. The average Bonchev–Trinajstić information content (AvgIpc) is 3.10. The zero-order valence-corrected chi connectivity index (χ0v) is 15.5. The highest BCUT2D eigenvalue weighted by Crippen LogP contribution is 2.17. The van der Waals surface area contributed by atoms with Gasteiger partial charge < -0.3 is 15.0 Å². The first-order valence-corrected chi connectivity index (χ1v) is 9.18. The van der Waals surface area contributed by atoms with E-state index < -0.39 is 0 Å². The highest BCUT2D eigenvalue weighted by atomic mass is 35.5. The van der Waals surface area contributed by atoms with Crippen molar-refractivity contribution in [1.82, 2.24) is 9.88 Å². The van der Waals surface area contributed by atoms with Crippen LogP contribution >= 0.6 is 22.9 Å². The molecule has 0 spiro atoms. The SMILES string of the molecule is CCOCCCN(CC(=O)Nc1nccs1)C(=O)c1ccccc1Cl. The number of nitrogens with one attached hydrogen (secondary N) is 1. The van der Waals surface area contributed by atoms with Gasteiger partial charge in [0.2, 0.25) is 5.91 Å². The number of hydrogen-bond donors (Lipinski definition) is 1. The van der Waals surface area contributed by atoms with Gasteiger partial charge in [-0.15, -0.1) is 11.3 Å². The third-order valence-electron chi connectivity index (χ3n) is 3.33. The van der Waals surface area contributed by atoms with Crippen molar-refractivity contribution in [1.29, 1.82) is 0 Å². The van der Waals surface area contributed by atoms with E-state index in [0.717, 1.165) is 0 Å². The van der Waals surface area contributed by atoms with Gasteiger partial charge in [-0.05, 0) is 25.5 Å². The molecule has 0 aliphatic rings. The molecule has 6 nitrogen and oxygen atoms in total. The van der Waals surface area contributed by atoms with Crippen LogP contribution in [0, 0.1) is 0 Å². The summed E-state index contributed by atoms with van der Waals surface area (Å²) in [6.45, 7) is 3.37. The number of ether oxygens (including phenoxy) is 1. The molecule has 0 saturated heterocycles. The van der Waals surface area contributed by atoms with Gasteiger partial charge in [0, 0.05) is 31.3 Å². The van der Waals surface area contributed by atoms with Crippen molar-refractivity contribution in [2.24, 2.45) is 0 Å². The maximum atomic E-state index is 12.8. The van der Waals surface area contributed by atoms with E-state index in [1.807, 2.05) is 6.92 Å². The molecule has 2 amide bonds. The van der Waals surface area contributed by atoms with Crippen LogP contribution in [0.3, 0.4) is 0 Å². The summed E-state index contributed by atoms with van der Waals surface area (Å²) in [5, 5.41) is 5.32. The van der Waals surface area contributed by atoms with Crippen molar-refractivity contribution in [3.8, 4) is 0 Å². The second-order valence-electron chi connectivity index (χ2n) is 5.14. The van der Waals surface area contributed by atoms with Crippen molar-refractivity contribution in [3.63, 3.8) is 0 Å². The molecule has 0 radical (unpaired) electrons. The summed E-state index contributed by atoms with van der Waals surface area (Å²) in [5.74, 6) is -0.580. The first-order chi connectivity index (χ1) is 12.1. The molecule has 8 heteroatoms. The van der Waals surface area contributed by atoms with Gasteiger partial charge in [-0.1, -0.05) is 23.7 Å². The van der Waals surface area contributed by atoms with Crippen molar-refractivity contribution in [2.75, 3.05) is 31.6 Å². The van der Waals surface area contributed by atoms with Crippen LogP contribution in [0.15, 0.2) is 35.8 Å². The Labute approximate surface area is 155 Å². The Morgan fingerprint density at radius 2 is 2.16 bits per heavy atom. The monoisotopic (exact) mass is 381 g/mol. The number of aromatic nitrogens is 1. The van der Waals surface area contributed by atoms with E-state index in [4.69, 9.17) is 16.3 Å². The molecule has 0 unspecified atom stereocenters. The van der Waals surface area contributed by atoms with Crippen LogP contribution in [-0.4, -0.2) is 48.0 Å². The summed E-state index contributed by atoms with van der Waals surface area (Å²) in [6, 6.07) is 6.81. The van der Waals surface area contributed by atoms with Crippen molar-refractivity contribution in [2.45, 2.75) is 13.3 Å². The second kappa shape index (κ2) is 10.1. The Balaban J connectivity index is 2.04. The Morgan fingerprint density at radius 3 is 2.84 bits per heavy atom. The van der Waals surface area contributed by atoms with Crippen LogP contribution in [0.2, 0.25) is 5.02 Å². The fourth-order valence-corrected chi connectivity index (χ4v) is 2.94. The number of benzene rings is 1. The molecule has 1 aromatic carbocycles.